The van der Waals surface area contributed by atoms with Gasteiger partial charge in [0, 0.05) is 37.8 Å². The summed E-state index contributed by atoms with van der Waals surface area (Å²) >= 11 is 0. The van der Waals surface area contributed by atoms with Gasteiger partial charge in [0.15, 0.2) is 0 Å². The maximum Gasteiger partial charge on any atom is 0.253 e. The number of hydrogen-bond donors (Lipinski definition) is 0. The van der Waals surface area contributed by atoms with Crippen LogP contribution in [0, 0.1) is 11.3 Å². The molecular weight excluding hydrogens is 238 g/mol. The van der Waals surface area contributed by atoms with E-state index < -0.39 is 0 Å². The molecule has 0 radical (unpaired) electrons. The van der Waals surface area contributed by atoms with Gasteiger partial charge in [0.1, 0.15) is 0 Å². The Hall–Kier alpha value is -1.86. The van der Waals surface area contributed by atoms with E-state index in [-0.39, 0.29) is 5.91 Å². The van der Waals surface area contributed by atoms with Gasteiger partial charge in [-0.15, -0.1) is 0 Å². The number of carbonyl (C=O) groups is 1. The first-order chi connectivity index (χ1) is 9.28. The zero-order chi connectivity index (χ0) is 13.2. The maximum absolute atomic E-state index is 12.3. The minimum absolute atomic E-state index is 0.0833. The van der Waals surface area contributed by atoms with E-state index >= 15 is 0 Å². The molecule has 1 heterocycles. The molecule has 2 fully saturated rings. The van der Waals surface area contributed by atoms with Crippen molar-refractivity contribution in [2.75, 3.05) is 26.2 Å². The van der Waals surface area contributed by atoms with Crippen LogP contribution in [0.2, 0.25) is 0 Å². The van der Waals surface area contributed by atoms with Gasteiger partial charge in [-0.1, -0.05) is 0 Å². The van der Waals surface area contributed by atoms with Crippen molar-refractivity contribution in [3.05, 3.63) is 35.4 Å². The van der Waals surface area contributed by atoms with Crippen LogP contribution in [-0.2, 0) is 0 Å². The maximum atomic E-state index is 12.3. The predicted octanol–water partition coefficient (Wildman–Crippen LogP) is 1.48. The second-order valence-electron chi connectivity index (χ2n) is 5.25. The fraction of sp³-hybridized carbons (Fsp3) is 0.467. The number of piperazine rings is 1. The van der Waals surface area contributed by atoms with Gasteiger partial charge in [0.05, 0.1) is 11.6 Å². The van der Waals surface area contributed by atoms with Crippen molar-refractivity contribution in [1.29, 1.82) is 5.26 Å². The lowest BCUT2D eigenvalue weighted by Crippen LogP contribution is -2.49. The molecule has 19 heavy (non-hydrogen) atoms. The van der Waals surface area contributed by atoms with Gasteiger partial charge in [-0.05, 0) is 37.1 Å². The molecule has 1 aromatic rings. The summed E-state index contributed by atoms with van der Waals surface area (Å²) in [6.07, 6.45) is 2.65. The van der Waals surface area contributed by atoms with Crippen LogP contribution >= 0.6 is 0 Å². The van der Waals surface area contributed by atoms with E-state index in [1.165, 1.54) is 12.8 Å². The summed E-state index contributed by atoms with van der Waals surface area (Å²) in [6.45, 7) is 3.62. The Balaban J connectivity index is 1.62. The second-order valence-corrected chi connectivity index (χ2v) is 5.25. The zero-order valence-corrected chi connectivity index (χ0v) is 10.9. The average molecular weight is 255 g/mol. The van der Waals surface area contributed by atoms with Crippen LogP contribution in [0.4, 0.5) is 0 Å². The summed E-state index contributed by atoms with van der Waals surface area (Å²) in [4.78, 5) is 16.7. The van der Waals surface area contributed by atoms with E-state index in [1.54, 1.807) is 24.3 Å². The van der Waals surface area contributed by atoms with E-state index in [2.05, 4.69) is 11.0 Å². The zero-order valence-electron chi connectivity index (χ0n) is 10.9. The standard InChI is InChI=1S/C15H17N3O/c16-11-12-1-3-13(4-2-12)15(19)18-9-7-17(8-10-18)14-5-6-14/h1-4,14H,5-10H2. The Kier molecular flexibility index (Phi) is 3.22. The highest BCUT2D eigenvalue weighted by atomic mass is 16.2. The first-order valence-electron chi connectivity index (χ1n) is 6.81. The number of benzene rings is 1. The Morgan fingerprint density at radius 2 is 1.74 bits per heavy atom. The van der Waals surface area contributed by atoms with Gasteiger partial charge in [0.2, 0.25) is 0 Å². The average Bonchev–Trinajstić information content (AvgIpc) is 3.31. The van der Waals surface area contributed by atoms with E-state index in [4.69, 9.17) is 5.26 Å². The summed E-state index contributed by atoms with van der Waals surface area (Å²) < 4.78 is 0. The number of rotatable bonds is 2. The summed E-state index contributed by atoms with van der Waals surface area (Å²) in [5.41, 5.74) is 1.27. The van der Waals surface area contributed by atoms with Crippen molar-refractivity contribution >= 4 is 5.91 Å². The van der Waals surface area contributed by atoms with Crippen molar-refractivity contribution in [2.45, 2.75) is 18.9 Å². The molecule has 0 unspecified atom stereocenters. The van der Waals surface area contributed by atoms with Gasteiger partial charge in [-0.2, -0.15) is 5.26 Å². The molecule has 1 saturated carbocycles. The quantitative estimate of drug-likeness (QED) is 0.804. The van der Waals surface area contributed by atoms with Crippen LogP contribution in [0.1, 0.15) is 28.8 Å². The Morgan fingerprint density at radius 1 is 1.11 bits per heavy atom. The van der Waals surface area contributed by atoms with Crippen LogP contribution < -0.4 is 0 Å². The van der Waals surface area contributed by atoms with Crippen LogP contribution in [-0.4, -0.2) is 47.9 Å². The smallest absolute Gasteiger partial charge is 0.253 e. The van der Waals surface area contributed by atoms with Crippen molar-refractivity contribution in [2.24, 2.45) is 0 Å². The van der Waals surface area contributed by atoms with Crippen molar-refractivity contribution in [3.8, 4) is 6.07 Å². The van der Waals surface area contributed by atoms with Crippen LogP contribution in [0.5, 0.6) is 0 Å². The number of nitrogens with zero attached hydrogens (tertiary/aromatic N) is 3. The monoisotopic (exact) mass is 255 g/mol. The molecule has 4 nitrogen and oxygen atoms in total. The lowest BCUT2D eigenvalue weighted by atomic mass is 10.1. The lowest BCUT2D eigenvalue weighted by molar-refractivity contribution is 0.0627. The van der Waals surface area contributed by atoms with Gasteiger partial charge < -0.3 is 4.90 Å². The molecule has 1 saturated heterocycles. The van der Waals surface area contributed by atoms with Crippen molar-refractivity contribution < 1.29 is 4.79 Å². The molecule has 3 rings (SSSR count). The lowest BCUT2D eigenvalue weighted by Gasteiger charge is -2.34. The fourth-order valence-corrected chi connectivity index (χ4v) is 2.60. The third-order valence-electron chi connectivity index (χ3n) is 3.93. The predicted molar refractivity (Wildman–Crippen MR) is 71.7 cm³/mol. The molecule has 1 aliphatic heterocycles. The van der Waals surface area contributed by atoms with Crippen molar-refractivity contribution in [1.82, 2.24) is 9.80 Å². The molecular formula is C15H17N3O. The Labute approximate surface area is 113 Å². The van der Waals surface area contributed by atoms with E-state index in [9.17, 15) is 4.79 Å². The molecule has 0 spiro atoms. The first kappa shape index (κ1) is 12.2. The van der Waals surface area contributed by atoms with Crippen LogP contribution in [0.3, 0.4) is 0 Å². The largest absolute Gasteiger partial charge is 0.336 e. The molecule has 0 atom stereocenters. The van der Waals surface area contributed by atoms with Crippen LogP contribution in [0.15, 0.2) is 24.3 Å². The summed E-state index contributed by atoms with van der Waals surface area (Å²) in [5.74, 6) is 0.0833. The van der Waals surface area contributed by atoms with E-state index in [0.717, 1.165) is 32.2 Å². The minimum atomic E-state index is 0.0833. The molecule has 2 aliphatic rings. The highest BCUT2D eigenvalue weighted by molar-refractivity contribution is 5.94. The van der Waals surface area contributed by atoms with E-state index in [0.29, 0.717) is 11.1 Å². The molecule has 98 valence electrons. The molecule has 1 aromatic carbocycles. The van der Waals surface area contributed by atoms with Gasteiger partial charge in [-0.25, -0.2) is 0 Å². The fourth-order valence-electron chi connectivity index (χ4n) is 2.60. The Bertz CT molecular complexity index is 505. The second kappa shape index (κ2) is 5.02. The molecule has 0 aromatic heterocycles. The molecule has 4 heteroatoms. The van der Waals surface area contributed by atoms with Gasteiger partial charge in [-0.3, -0.25) is 9.69 Å². The number of hydrogen-bond acceptors (Lipinski definition) is 3. The normalized spacial score (nSPS) is 20.1. The van der Waals surface area contributed by atoms with Crippen LogP contribution in [0.25, 0.3) is 0 Å². The minimum Gasteiger partial charge on any atom is -0.336 e. The summed E-state index contributed by atoms with van der Waals surface area (Å²) in [6, 6.07) is 9.74. The van der Waals surface area contributed by atoms with Crippen molar-refractivity contribution in [3.63, 3.8) is 0 Å². The van der Waals surface area contributed by atoms with Gasteiger partial charge in [0.25, 0.3) is 5.91 Å². The van der Waals surface area contributed by atoms with E-state index in [1.807, 2.05) is 4.90 Å². The number of amides is 1. The molecule has 1 amide bonds. The summed E-state index contributed by atoms with van der Waals surface area (Å²) in [5, 5.41) is 8.75. The number of nitriles is 1. The summed E-state index contributed by atoms with van der Waals surface area (Å²) in [7, 11) is 0. The molecule has 0 bridgehead atoms. The third-order valence-corrected chi connectivity index (χ3v) is 3.93. The third kappa shape index (κ3) is 2.61. The van der Waals surface area contributed by atoms with Gasteiger partial charge >= 0.3 is 0 Å². The topological polar surface area (TPSA) is 47.3 Å². The SMILES string of the molecule is N#Cc1ccc(C(=O)N2CCN(C3CC3)CC2)cc1. The number of carbonyl (C=O) groups excluding carboxylic acids is 1. The Morgan fingerprint density at radius 3 is 2.26 bits per heavy atom. The first-order valence-corrected chi connectivity index (χ1v) is 6.81. The highest BCUT2D eigenvalue weighted by Gasteiger charge is 2.32. The molecule has 0 N–H and O–H groups in total. The molecule has 1 aliphatic carbocycles. The highest BCUT2D eigenvalue weighted by Crippen LogP contribution is 2.27.